The van der Waals surface area contributed by atoms with Crippen molar-refractivity contribution in [3.8, 4) is 11.8 Å². The van der Waals surface area contributed by atoms with Crippen molar-refractivity contribution in [2.45, 2.75) is 47.0 Å². The van der Waals surface area contributed by atoms with E-state index >= 15 is 0 Å². The number of amides is 1. The first kappa shape index (κ1) is 26.3. The van der Waals surface area contributed by atoms with Gasteiger partial charge in [0.2, 0.25) is 0 Å². The van der Waals surface area contributed by atoms with Crippen LogP contribution in [0.5, 0.6) is 5.75 Å². The van der Waals surface area contributed by atoms with Crippen molar-refractivity contribution in [1.29, 1.82) is 5.26 Å². The molecule has 33 heavy (non-hydrogen) atoms. The fraction of sp³-hybridized carbons (Fsp3) is 0.259. The second kappa shape index (κ2) is 11.7. The molecule has 0 radical (unpaired) electrons. The number of hydrogen-bond acceptors (Lipinski definition) is 3. The summed E-state index contributed by atoms with van der Waals surface area (Å²) in [5.74, 6) is -1.03. The van der Waals surface area contributed by atoms with Gasteiger partial charge in [-0.25, -0.2) is 0 Å². The molecule has 1 atom stereocenters. The molecule has 0 aliphatic carbocycles. The van der Waals surface area contributed by atoms with Gasteiger partial charge in [0.25, 0.3) is 5.91 Å². The maximum Gasteiger partial charge on any atom is 0.259 e. The first-order valence-electron chi connectivity index (χ1n) is 10.8. The number of carbonyl (C=O) groups is 1. The van der Waals surface area contributed by atoms with Crippen LogP contribution in [0.2, 0.25) is 10.0 Å². The average molecular weight is 483 g/mol. The van der Waals surface area contributed by atoms with Crippen LogP contribution < -0.4 is 5.32 Å². The lowest BCUT2D eigenvalue weighted by Gasteiger charge is -2.17. The van der Waals surface area contributed by atoms with E-state index in [4.69, 9.17) is 23.2 Å². The van der Waals surface area contributed by atoms with Gasteiger partial charge in [0.05, 0.1) is 17.6 Å². The lowest BCUT2D eigenvalue weighted by molar-refractivity contribution is 0.102. The summed E-state index contributed by atoms with van der Waals surface area (Å²) >= 11 is 12.5. The monoisotopic (exact) mass is 482 g/mol. The zero-order chi connectivity index (χ0) is 24.7. The number of halogens is 2. The van der Waals surface area contributed by atoms with Gasteiger partial charge in [0.1, 0.15) is 5.75 Å². The van der Waals surface area contributed by atoms with E-state index < -0.39 is 11.8 Å². The molecule has 0 spiro atoms. The maximum absolute atomic E-state index is 12.9. The Morgan fingerprint density at radius 1 is 1.06 bits per heavy atom. The number of nitriles is 1. The average Bonchev–Trinajstić information content (AvgIpc) is 2.81. The molecule has 6 heteroatoms. The number of rotatable bonds is 5. The number of hydrogen-bond donors (Lipinski definition) is 2. The molecule has 3 aromatic rings. The van der Waals surface area contributed by atoms with E-state index in [0.717, 1.165) is 23.1 Å². The third-order valence-electron chi connectivity index (χ3n) is 5.25. The molecule has 0 aliphatic rings. The number of aromatic hydroxyl groups is 1. The molecule has 172 valence electrons. The molecular formula is C27H28Cl2N2O2. The molecule has 0 aliphatic heterocycles. The van der Waals surface area contributed by atoms with Crippen LogP contribution in [0, 0.1) is 25.2 Å². The van der Waals surface area contributed by atoms with E-state index in [2.05, 4.69) is 11.4 Å². The van der Waals surface area contributed by atoms with Gasteiger partial charge in [-0.2, -0.15) is 5.26 Å². The van der Waals surface area contributed by atoms with Crippen molar-refractivity contribution >= 4 is 34.8 Å². The fourth-order valence-corrected chi connectivity index (χ4v) is 3.86. The van der Waals surface area contributed by atoms with Crippen molar-refractivity contribution < 1.29 is 9.90 Å². The molecule has 1 amide bonds. The summed E-state index contributed by atoms with van der Waals surface area (Å²) in [7, 11) is 0. The van der Waals surface area contributed by atoms with Crippen molar-refractivity contribution in [2.75, 3.05) is 5.32 Å². The summed E-state index contributed by atoms with van der Waals surface area (Å²) in [5.41, 5.74) is 4.53. The van der Waals surface area contributed by atoms with Gasteiger partial charge in [-0.1, -0.05) is 68.2 Å². The van der Waals surface area contributed by atoms with Crippen molar-refractivity contribution in [1.82, 2.24) is 0 Å². The Labute approximate surface area is 205 Å². The van der Waals surface area contributed by atoms with E-state index in [0.29, 0.717) is 26.9 Å². The standard InChI is InChI=1S/C25H22Cl2N2O2.C2H6/c1-4-16-9-15(3)24(30)20(11-16)25(31)29-23-12-22(27)19(10-14(23)2)21(13-28)17-5-7-18(26)8-6-17;1-2/h5-12,21,30H,4H2,1-3H3,(H,29,31);1-2H3. The Morgan fingerprint density at radius 3 is 2.27 bits per heavy atom. The third-order valence-corrected chi connectivity index (χ3v) is 5.83. The van der Waals surface area contributed by atoms with Crippen molar-refractivity contribution in [3.05, 3.63) is 92.0 Å². The molecule has 1 unspecified atom stereocenters. The smallest absolute Gasteiger partial charge is 0.259 e. The van der Waals surface area contributed by atoms with E-state index in [9.17, 15) is 15.2 Å². The minimum absolute atomic E-state index is 0.0395. The summed E-state index contributed by atoms with van der Waals surface area (Å²) in [6.07, 6.45) is 0.751. The first-order chi connectivity index (χ1) is 15.7. The third kappa shape index (κ3) is 6.07. The van der Waals surface area contributed by atoms with Gasteiger partial charge < -0.3 is 10.4 Å². The van der Waals surface area contributed by atoms with Crippen LogP contribution in [-0.2, 0) is 6.42 Å². The lowest BCUT2D eigenvalue weighted by atomic mass is 9.91. The van der Waals surface area contributed by atoms with E-state index in [-0.39, 0.29) is 11.3 Å². The van der Waals surface area contributed by atoms with Crippen molar-refractivity contribution in [3.63, 3.8) is 0 Å². The molecule has 0 saturated carbocycles. The number of carbonyl (C=O) groups excluding carboxylic acids is 1. The summed E-state index contributed by atoms with van der Waals surface area (Å²) in [6.45, 7) is 9.59. The van der Waals surface area contributed by atoms with Gasteiger partial charge in [0.15, 0.2) is 0 Å². The second-order valence-corrected chi connectivity index (χ2v) is 8.26. The Bertz CT molecular complexity index is 1180. The van der Waals surface area contributed by atoms with Crippen LogP contribution in [-0.4, -0.2) is 11.0 Å². The minimum Gasteiger partial charge on any atom is -0.507 e. The van der Waals surface area contributed by atoms with Gasteiger partial charge in [-0.3, -0.25) is 4.79 Å². The van der Waals surface area contributed by atoms with Gasteiger partial charge >= 0.3 is 0 Å². The number of anilines is 1. The molecule has 0 aromatic heterocycles. The quantitative estimate of drug-likeness (QED) is 0.389. The maximum atomic E-state index is 12.9. The Morgan fingerprint density at radius 2 is 1.70 bits per heavy atom. The zero-order valence-corrected chi connectivity index (χ0v) is 21.0. The highest BCUT2D eigenvalue weighted by Gasteiger charge is 2.20. The van der Waals surface area contributed by atoms with E-state index in [1.54, 1.807) is 49.4 Å². The van der Waals surface area contributed by atoms with Crippen LogP contribution in [0.1, 0.15) is 64.9 Å². The van der Waals surface area contributed by atoms with Gasteiger partial charge in [-0.05, 0) is 72.4 Å². The number of aryl methyl sites for hydroxylation is 3. The first-order valence-corrected chi connectivity index (χ1v) is 11.6. The van der Waals surface area contributed by atoms with Gasteiger partial charge in [-0.15, -0.1) is 0 Å². The highest BCUT2D eigenvalue weighted by atomic mass is 35.5. The molecule has 0 bridgehead atoms. The summed E-state index contributed by atoms with van der Waals surface area (Å²) < 4.78 is 0. The minimum atomic E-state index is -0.568. The molecule has 4 nitrogen and oxygen atoms in total. The number of benzene rings is 3. The van der Waals surface area contributed by atoms with Crippen molar-refractivity contribution in [2.24, 2.45) is 0 Å². The molecule has 0 heterocycles. The van der Waals surface area contributed by atoms with E-state index in [1.165, 1.54) is 0 Å². The molecular weight excluding hydrogens is 455 g/mol. The molecule has 3 rings (SSSR count). The van der Waals surface area contributed by atoms with Crippen LogP contribution in [0.4, 0.5) is 5.69 Å². The second-order valence-electron chi connectivity index (χ2n) is 7.42. The summed E-state index contributed by atoms with van der Waals surface area (Å²) in [6, 6.07) is 16.3. The topological polar surface area (TPSA) is 73.1 Å². The predicted octanol–water partition coefficient (Wildman–Crippen LogP) is 7.81. The SMILES string of the molecule is CC.CCc1cc(C)c(O)c(C(=O)Nc2cc(Cl)c(C(C#N)c3ccc(Cl)cc3)cc2C)c1. The number of nitrogens with zero attached hydrogens (tertiary/aromatic N) is 1. The Kier molecular flexibility index (Phi) is 9.34. The summed E-state index contributed by atoms with van der Waals surface area (Å²) in [4.78, 5) is 12.9. The van der Waals surface area contributed by atoms with Crippen LogP contribution in [0.25, 0.3) is 0 Å². The fourth-order valence-electron chi connectivity index (χ4n) is 3.46. The van der Waals surface area contributed by atoms with Gasteiger partial charge in [0, 0.05) is 15.7 Å². The normalized spacial score (nSPS) is 11.1. The number of phenols is 1. The highest BCUT2D eigenvalue weighted by molar-refractivity contribution is 6.32. The predicted molar refractivity (Wildman–Crippen MR) is 137 cm³/mol. The molecule has 0 fully saturated rings. The number of phenolic OH excluding ortho intramolecular Hbond substituents is 1. The van der Waals surface area contributed by atoms with E-state index in [1.807, 2.05) is 33.8 Å². The van der Waals surface area contributed by atoms with Crippen LogP contribution >= 0.6 is 23.2 Å². The highest BCUT2D eigenvalue weighted by Crippen LogP contribution is 2.35. The Hall–Kier alpha value is -3.00. The molecule has 3 aromatic carbocycles. The molecule has 2 N–H and O–H groups in total. The zero-order valence-electron chi connectivity index (χ0n) is 19.5. The van der Waals surface area contributed by atoms with Crippen LogP contribution in [0.15, 0.2) is 48.5 Å². The Balaban J connectivity index is 0.00000187. The largest absolute Gasteiger partial charge is 0.507 e. The summed E-state index contributed by atoms with van der Waals surface area (Å²) in [5, 5.41) is 23.9. The lowest BCUT2D eigenvalue weighted by Crippen LogP contribution is -2.14. The molecule has 0 saturated heterocycles. The van der Waals surface area contributed by atoms with Crippen LogP contribution in [0.3, 0.4) is 0 Å². The number of nitrogens with one attached hydrogen (secondary N) is 1.